The predicted molar refractivity (Wildman–Crippen MR) is 78.6 cm³/mol. The van der Waals surface area contributed by atoms with Crippen molar-refractivity contribution in [3.05, 3.63) is 28.2 Å². The minimum atomic E-state index is 0.676. The Bertz CT molecular complexity index is 354. The summed E-state index contributed by atoms with van der Waals surface area (Å²) in [5, 5.41) is 3.72. The molecule has 0 atom stereocenters. The van der Waals surface area contributed by atoms with Crippen LogP contribution in [-0.2, 0) is 0 Å². The first-order chi connectivity index (χ1) is 8.25. The molecule has 0 saturated heterocycles. The van der Waals surface area contributed by atoms with Crippen LogP contribution in [0.5, 0.6) is 0 Å². The molecule has 0 heterocycles. The molecule has 1 aromatic rings. The second-order valence-corrected chi connectivity index (χ2v) is 6.06. The predicted octanol–water partition coefficient (Wildman–Crippen LogP) is 5.28. The number of benzene rings is 1. The van der Waals surface area contributed by atoms with Crippen molar-refractivity contribution in [1.82, 2.24) is 0 Å². The largest absolute Gasteiger partial charge is 0.382 e. The normalized spacial score (nSPS) is 18.5. The highest BCUT2D eigenvalue weighted by Gasteiger charge is 2.11. The molecule has 1 aliphatic carbocycles. The lowest BCUT2D eigenvalue weighted by Gasteiger charge is -2.23. The molecule has 1 aromatic carbocycles. The van der Waals surface area contributed by atoms with E-state index in [0.717, 1.165) is 0 Å². The van der Waals surface area contributed by atoms with Gasteiger partial charge in [-0.05, 0) is 43.5 Å². The zero-order chi connectivity index (χ0) is 12.1. The Balaban J connectivity index is 1.98. The molecule has 1 aliphatic rings. The summed E-state index contributed by atoms with van der Waals surface area (Å²) in [7, 11) is 0. The van der Waals surface area contributed by atoms with E-state index >= 15 is 0 Å². The molecule has 0 spiro atoms. The van der Waals surface area contributed by atoms with E-state index in [0.29, 0.717) is 6.04 Å². The first-order valence-electron chi connectivity index (χ1n) is 6.78. The van der Waals surface area contributed by atoms with Gasteiger partial charge in [0.25, 0.3) is 0 Å². The van der Waals surface area contributed by atoms with Gasteiger partial charge in [0.05, 0.1) is 0 Å². The molecule has 17 heavy (non-hydrogen) atoms. The average Bonchev–Trinajstić information content (AvgIpc) is 2.25. The van der Waals surface area contributed by atoms with E-state index in [4.69, 9.17) is 0 Å². The Labute approximate surface area is 113 Å². The summed E-state index contributed by atoms with van der Waals surface area (Å²) >= 11 is 3.52. The summed E-state index contributed by atoms with van der Waals surface area (Å²) in [6, 6.07) is 7.18. The van der Waals surface area contributed by atoms with Crippen LogP contribution in [0.3, 0.4) is 0 Å². The van der Waals surface area contributed by atoms with Gasteiger partial charge in [-0.25, -0.2) is 0 Å². The zero-order valence-corrected chi connectivity index (χ0v) is 12.2. The van der Waals surface area contributed by atoms with Crippen LogP contribution >= 0.6 is 15.9 Å². The number of hydrogen-bond acceptors (Lipinski definition) is 1. The lowest BCUT2D eigenvalue weighted by molar-refractivity contribution is 0.471. The lowest BCUT2D eigenvalue weighted by Crippen LogP contribution is -2.21. The van der Waals surface area contributed by atoms with Gasteiger partial charge in [0.1, 0.15) is 0 Å². The van der Waals surface area contributed by atoms with E-state index in [9.17, 15) is 0 Å². The monoisotopic (exact) mass is 295 g/mol. The number of halogens is 1. The third-order valence-corrected chi connectivity index (χ3v) is 4.15. The van der Waals surface area contributed by atoms with Crippen molar-refractivity contribution in [3.63, 3.8) is 0 Å². The van der Waals surface area contributed by atoms with Crippen molar-refractivity contribution in [2.75, 3.05) is 5.32 Å². The fraction of sp³-hybridized carbons (Fsp3) is 0.600. The first kappa shape index (κ1) is 12.9. The van der Waals surface area contributed by atoms with Crippen molar-refractivity contribution < 1.29 is 0 Å². The fourth-order valence-electron chi connectivity index (χ4n) is 2.61. The van der Waals surface area contributed by atoms with Gasteiger partial charge < -0.3 is 5.32 Å². The lowest BCUT2D eigenvalue weighted by atomic mass is 9.96. The van der Waals surface area contributed by atoms with Gasteiger partial charge in [-0.1, -0.05) is 48.0 Å². The Hall–Kier alpha value is -0.500. The highest BCUT2D eigenvalue weighted by atomic mass is 79.9. The molecule has 0 amide bonds. The van der Waals surface area contributed by atoms with Gasteiger partial charge in [-0.15, -0.1) is 0 Å². The molecule has 94 valence electrons. The van der Waals surface area contributed by atoms with E-state index < -0.39 is 0 Å². The van der Waals surface area contributed by atoms with Crippen molar-refractivity contribution in [3.8, 4) is 0 Å². The van der Waals surface area contributed by atoms with Crippen LogP contribution in [0.1, 0.15) is 50.5 Å². The van der Waals surface area contributed by atoms with Crippen LogP contribution in [0.2, 0.25) is 0 Å². The molecule has 1 fully saturated rings. The van der Waals surface area contributed by atoms with Crippen molar-refractivity contribution in [2.45, 2.75) is 57.9 Å². The molecule has 1 saturated carbocycles. The number of nitrogens with one attached hydrogen (secondary N) is 1. The molecule has 0 unspecified atom stereocenters. The molecule has 0 aromatic heterocycles. The molecule has 2 heteroatoms. The third kappa shape index (κ3) is 4.02. The Morgan fingerprint density at radius 2 is 1.71 bits per heavy atom. The van der Waals surface area contributed by atoms with Gasteiger partial charge in [-0.2, -0.15) is 0 Å². The zero-order valence-electron chi connectivity index (χ0n) is 10.6. The van der Waals surface area contributed by atoms with Crippen LogP contribution in [0.15, 0.2) is 22.7 Å². The standard InChI is InChI=1S/C15H22BrN/c1-12-11-13(16)9-10-15(12)17-14-7-5-3-2-4-6-8-14/h9-11,14,17H,2-8H2,1H3. The summed E-state index contributed by atoms with van der Waals surface area (Å²) in [6.07, 6.45) is 9.69. The van der Waals surface area contributed by atoms with Crippen molar-refractivity contribution in [2.24, 2.45) is 0 Å². The molecule has 1 nitrogen and oxygen atoms in total. The van der Waals surface area contributed by atoms with Crippen molar-refractivity contribution >= 4 is 21.6 Å². The summed E-state index contributed by atoms with van der Waals surface area (Å²) < 4.78 is 1.17. The van der Waals surface area contributed by atoms with E-state index in [1.165, 1.54) is 60.7 Å². The van der Waals surface area contributed by atoms with Gasteiger partial charge >= 0.3 is 0 Å². The van der Waals surface area contributed by atoms with E-state index in [-0.39, 0.29) is 0 Å². The minimum Gasteiger partial charge on any atom is -0.382 e. The van der Waals surface area contributed by atoms with Crippen LogP contribution in [0.25, 0.3) is 0 Å². The van der Waals surface area contributed by atoms with Crippen LogP contribution < -0.4 is 5.32 Å². The summed E-state index contributed by atoms with van der Waals surface area (Å²) in [6.45, 7) is 2.18. The van der Waals surface area contributed by atoms with E-state index in [2.05, 4.69) is 46.4 Å². The fourth-order valence-corrected chi connectivity index (χ4v) is 3.08. The number of rotatable bonds is 2. The Morgan fingerprint density at radius 1 is 1.06 bits per heavy atom. The Kier molecular flexibility index (Phi) is 4.90. The van der Waals surface area contributed by atoms with Crippen LogP contribution in [0.4, 0.5) is 5.69 Å². The summed E-state index contributed by atoms with van der Waals surface area (Å²) in [5.74, 6) is 0. The van der Waals surface area contributed by atoms with Crippen LogP contribution in [0, 0.1) is 6.92 Å². The maximum absolute atomic E-state index is 3.72. The number of hydrogen-bond donors (Lipinski definition) is 1. The van der Waals surface area contributed by atoms with E-state index in [1.54, 1.807) is 0 Å². The second-order valence-electron chi connectivity index (χ2n) is 5.15. The minimum absolute atomic E-state index is 0.676. The summed E-state index contributed by atoms with van der Waals surface area (Å²) in [4.78, 5) is 0. The van der Waals surface area contributed by atoms with Crippen molar-refractivity contribution in [1.29, 1.82) is 0 Å². The van der Waals surface area contributed by atoms with Crippen LogP contribution in [-0.4, -0.2) is 6.04 Å². The quantitative estimate of drug-likeness (QED) is 0.782. The highest BCUT2D eigenvalue weighted by molar-refractivity contribution is 9.10. The van der Waals surface area contributed by atoms with Gasteiger partial charge in [0.2, 0.25) is 0 Å². The SMILES string of the molecule is Cc1cc(Br)ccc1NC1CCCCCCC1. The Morgan fingerprint density at radius 3 is 2.35 bits per heavy atom. The maximum atomic E-state index is 3.72. The molecule has 1 N–H and O–H groups in total. The van der Waals surface area contributed by atoms with Gasteiger partial charge in [-0.3, -0.25) is 0 Å². The second kappa shape index (κ2) is 6.44. The smallest absolute Gasteiger partial charge is 0.0372 e. The number of aryl methyl sites for hydroxylation is 1. The molecule has 0 aliphatic heterocycles. The molecule has 0 bridgehead atoms. The molecule has 0 radical (unpaired) electrons. The number of anilines is 1. The van der Waals surface area contributed by atoms with Gasteiger partial charge in [0.15, 0.2) is 0 Å². The van der Waals surface area contributed by atoms with Gasteiger partial charge in [0, 0.05) is 16.2 Å². The average molecular weight is 296 g/mol. The topological polar surface area (TPSA) is 12.0 Å². The van der Waals surface area contributed by atoms with E-state index in [1.807, 2.05) is 0 Å². The maximum Gasteiger partial charge on any atom is 0.0372 e. The highest BCUT2D eigenvalue weighted by Crippen LogP contribution is 2.24. The molecular weight excluding hydrogens is 274 g/mol. The summed E-state index contributed by atoms with van der Waals surface area (Å²) in [5.41, 5.74) is 2.64. The third-order valence-electron chi connectivity index (χ3n) is 3.65. The molecule has 2 rings (SSSR count). The molecular formula is C15H22BrN. The first-order valence-corrected chi connectivity index (χ1v) is 7.58.